The van der Waals surface area contributed by atoms with Crippen molar-refractivity contribution in [2.45, 2.75) is 45.1 Å². The standard InChI is InChI=1S/C23H34N6/c1-17-4-3-9-29-16-20(26-22(17)29)7-8-25-23(24-2)28-12-10-27(11-13-28)21-15-18-5-6-19(21)14-18/h3-4,9,16,18-19,21H,5-8,10-15H2,1-2H3,(H,24,25). The van der Waals surface area contributed by atoms with Gasteiger partial charge in [0.1, 0.15) is 5.65 Å². The molecule has 2 aromatic heterocycles. The van der Waals surface area contributed by atoms with Crippen LogP contribution in [-0.2, 0) is 6.42 Å². The zero-order valence-electron chi connectivity index (χ0n) is 17.8. The molecule has 3 atom stereocenters. The lowest BCUT2D eigenvalue weighted by Gasteiger charge is -2.41. The maximum atomic E-state index is 4.78. The smallest absolute Gasteiger partial charge is 0.193 e. The molecule has 0 amide bonds. The highest BCUT2D eigenvalue weighted by atomic mass is 15.4. The van der Waals surface area contributed by atoms with Crippen LogP contribution >= 0.6 is 0 Å². The number of nitrogens with one attached hydrogen (secondary N) is 1. The SMILES string of the molecule is CN=C(NCCc1cn2cccc(C)c2n1)N1CCN(C2CC3CCC2C3)CC1. The minimum atomic E-state index is 0.863. The van der Waals surface area contributed by atoms with E-state index in [1.807, 2.05) is 7.05 Å². The minimum Gasteiger partial charge on any atom is -0.356 e. The first kappa shape index (κ1) is 18.9. The molecule has 0 radical (unpaired) electrons. The number of hydrogen-bond donors (Lipinski definition) is 1. The number of piperazine rings is 1. The van der Waals surface area contributed by atoms with E-state index in [2.05, 4.69) is 56.0 Å². The van der Waals surface area contributed by atoms with Crippen molar-refractivity contribution in [3.63, 3.8) is 0 Å². The van der Waals surface area contributed by atoms with Gasteiger partial charge in [0.05, 0.1) is 5.69 Å². The average Bonchev–Trinajstić information content (AvgIpc) is 3.47. The van der Waals surface area contributed by atoms with Gasteiger partial charge in [-0.3, -0.25) is 9.89 Å². The molecule has 0 spiro atoms. The third-order valence-corrected chi connectivity index (χ3v) is 7.39. The average molecular weight is 395 g/mol. The number of nitrogens with zero attached hydrogens (tertiary/aromatic N) is 5. The van der Waals surface area contributed by atoms with Crippen LogP contribution in [-0.4, -0.2) is 71.0 Å². The number of pyridine rings is 1. The summed E-state index contributed by atoms with van der Waals surface area (Å²) in [6.45, 7) is 7.51. The van der Waals surface area contributed by atoms with Crippen molar-refractivity contribution in [1.29, 1.82) is 0 Å². The van der Waals surface area contributed by atoms with Crippen LogP contribution in [0.15, 0.2) is 29.5 Å². The number of hydrogen-bond acceptors (Lipinski definition) is 3. The topological polar surface area (TPSA) is 48.2 Å². The van der Waals surface area contributed by atoms with Gasteiger partial charge in [-0.1, -0.05) is 12.5 Å². The van der Waals surface area contributed by atoms with Crippen molar-refractivity contribution in [3.05, 3.63) is 35.8 Å². The molecular weight excluding hydrogens is 360 g/mol. The lowest BCUT2D eigenvalue weighted by atomic mass is 9.93. The van der Waals surface area contributed by atoms with Crippen LogP contribution in [0, 0.1) is 18.8 Å². The van der Waals surface area contributed by atoms with Crippen LogP contribution in [0.25, 0.3) is 5.65 Å². The molecule has 6 heteroatoms. The zero-order valence-corrected chi connectivity index (χ0v) is 17.8. The molecule has 2 aromatic rings. The Morgan fingerprint density at radius 2 is 2.07 bits per heavy atom. The highest BCUT2D eigenvalue weighted by Crippen LogP contribution is 2.46. The van der Waals surface area contributed by atoms with Crippen LogP contribution in [0.1, 0.15) is 36.9 Å². The van der Waals surface area contributed by atoms with Crippen molar-refractivity contribution in [1.82, 2.24) is 24.5 Å². The lowest BCUT2D eigenvalue weighted by molar-refractivity contribution is 0.0959. The third kappa shape index (κ3) is 3.75. The van der Waals surface area contributed by atoms with E-state index in [4.69, 9.17) is 4.98 Å². The van der Waals surface area contributed by atoms with E-state index in [1.54, 1.807) is 0 Å². The summed E-state index contributed by atoms with van der Waals surface area (Å²) < 4.78 is 2.12. The molecule has 5 rings (SSSR count). The van der Waals surface area contributed by atoms with E-state index < -0.39 is 0 Å². The fourth-order valence-corrected chi connectivity index (χ4v) is 5.88. The fraction of sp³-hybridized carbons (Fsp3) is 0.652. The second-order valence-electron chi connectivity index (χ2n) is 9.14. The molecule has 1 aliphatic heterocycles. The molecular formula is C23H34N6. The number of imidazole rings is 1. The summed E-state index contributed by atoms with van der Waals surface area (Å²) in [5.41, 5.74) is 3.41. The van der Waals surface area contributed by atoms with Gasteiger partial charge >= 0.3 is 0 Å². The van der Waals surface area contributed by atoms with Gasteiger partial charge in [0.2, 0.25) is 0 Å². The van der Waals surface area contributed by atoms with Crippen LogP contribution < -0.4 is 5.32 Å². The monoisotopic (exact) mass is 394 g/mol. The molecule has 3 fully saturated rings. The van der Waals surface area contributed by atoms with Gasteiger partial charge in [0.15, 0.2) is 5.96 Å². The molecule has 1 N–H and O–H groups in total. The maximum Gasteiger partial charge on any atom is 0.193 e. The first-order valence-electron chi connectivity index (χ1n) is 11.3. The van der Waals surface area contributed by atoms with Crippen molar-refractivity contribution in [2.75, 3.05) is 39.8 Å². The second kappa shape index (κ2) is 7.98. The quantitative estimate of drug-likeness (QED) is 0.640. The Morgan fingerprint density at radius 1 is 1.21 bits per heavy atom. The summed E-state index contributed by atoms with van der Waals surface area (Å²) in [6.07, 6.45) is 11.0. The van der Waals surface area contributed by atoms with Gasteiger partial charge in [-0.25, -0.2) is 4.98 Å². The van der Waals surface area contributed by atoms with Gasteiger partial charge in [-0.2, -0.15) is 0 Å². The van der Waals surface area contributed by atoms with E-state index in [0.29, 0.717) is 0 Å². The number of fused-ring (bicyclic) bond motifs is 3. The van der Waals surface area contributed by atoms with E-state index in [-0.39, 0.29) is 0 Å². The summed E-state index contributed by atoms with van der Waals surface area (Å²) >= 11 is 0. The predicted molar refractivity (Wildman–Crippen MR) is 117 cm³/mol. The van der Waals surface area contributed by atoms with Gasteiger partial charge in [0, 0.05) is 64.6 Å². The number of rotatable bonds is 4. The Labute approximate surface area is 174 Å². The van der Waals surface area contributed by atoms with E-state index in [9.17, 15) is 0 Å². The molecule has 6 nitrogen and oxygen atoms in total. The molecule has 3 heterocycles. The first-order valence-corrected chi connectivity index (χ1v) is 11.3. The van der Waals surface area contributed by atoms with Gasteiger partial charge < -0.3 is 14.6 Å². The molecule has 2 aliphatic carbocycles. The normalized spacial score (nSPS) is 27.9. The van der Waals surface area contributed by atoms with E-state index in [0.717, 1.165) is 61.2 Å². The number of guanidine groups is 1. The first-order chi connectivity index (χ1) is 14.2. The maximum absolute atomic E-state index is 4.78. The Balaban J connectivity index is 1.12. The highest BCUT2D eigenvalue weighted by molar-refractivity contribution is 5.80. The summed E-state index contributed by atoms with van der Waals surface area (Å²) in [6, 6.07) is 5.05. The van der Waals surface area contributed by atoms with Crippen molar-refractivity contribution in [2.24, 2.45) is 16.8 Å². The van der Waals surface area contributed by atoms with Crippen molar-refractivity contribution in [3.8, 4) is 0 Å². The summed E-state index contributed by atoms with van der Waals surface area (Å²) in [5, 5.41) is 3.57. The molecule has 29 heavy (non-hydrogen) atoms. The number of aryl methyl sites for hydroxylation is 1. The van der Waals surface area contributed by atoms with Gasteiger partial charge in [-0.05, 0) is 49.7 Å². The van der Waals surface area contributed by atoms with Crippen LogP contribution in [0.3, 0.4) is 0 Å². The number of aromatic nitrogens is 2. The predicted octanol–water partition coefficient (Wildman–Crippen LogP) is 2.57. The summed E-state index contributed by atoms with van der Waals surface area (Å²) in [4.78, 5) is 14.5. The van der Waals surface area contributed by atoms with Gasteiger partial charge in [-0.15, -0.1) is 0 Å². The molecule has 3 aliphatic rings. The highest BCUT2D eigenvalue weighted by Gasteiger charge is 2.42. The molecule has 0 aromatic carbocycles. The van der Waals surface area contributed by atoms with Crippen molar-refractivity contribution >= 4 is 11.6 Å². The molecule has 2 bridgehead atoms. The Bertz CT molecular complexity index is 879. The van der Waals surface area contributed by atoms with Crippen LogP contribution in [0.2, 0.25) is 0 Å². The minimum absolute atomic E-state index is 0.863. The van der Waals surface area contributed by atoms with Crippen LogP contribution in [0.5, 0.6) is 0 Å². The molecule has 1 saturated heterocycles. The Morgan fingerprint density at radius 3 is 2.76 bits per heavy atom. The Kier molecular flexibility index (Phi) is 5.20. The van der Waals surface area contributed by atoms with E-state index in [1.165, 1.54) is 44.3 Å². The van der Waals surface area contributed by atoms with E-state index >= 15 is 0 Å². The second-order valence-corrected chi connectivity index (χ2v) is 9.14. The molecule has 3 unspecified atom stereocenters. The number of aliphatic imine (C=N–C) groups is 1. The summed E-state index contributed by atoms with van der Waals surface area (Å²) in [7, 11) is 1.90. The molecule has 2 saturated carbocycles. The zero-order chi connectivity index (χ0) is 19.8. The fourth-order valence-electron chi connectivity index (χ4n) is 5.88. The largest absolute Gasteiger partial charge is 0.356 e. The lowest BCUT2D eigenvalue weighted by Crippen LogP contribution is -2.55. The third-order valence-electron chi connectivity index (χ3n) is 7.39. The Hall–Kier alpha value is -2.08. The summed E-state index contributed by atoms with van der Waals surface area (Å²) in [5.74, 6) is 3.05. The van der Waals surface area contributed by atoms with Crippen LogP contribution in [0.4, 0.5) is 0 Å². The van der Waals surface area contributed by atoms with Crippen molar-refractivity contribution < 1.29 is 0 Å². The van der Waals surface area contributed by atoms with Gasteiger partial charge in [0.25, 0.3) is 0 Å². The molecule has 156 valence electrons.